The molecule has 0 aliphatic heterocycles. The number of hydrogen-bond donors (Lipinski definition) is 1. The van der Waals surface area contributed by atoms with Crippen LogP contribution in [0.3, 0.4) is 0 Å². The van der Waals surface area contributed by atoms with E-state index in [9.17, 15) is 5.11 Å². The van der Waals surface area contributed by atoms with Crippen molar-refractivity contribution >= 4 is 0 Å². The molecule has 1 aromatic rings. The van der Waals surface area contributed by atoms with Gasteiger partial charge < -0.3 is 9.63 Å². The summed E-state index contributed by atoms with van der Waals surface area (Å²) in [7, 11) is 0. The van der Waals surface area contributed by atoms with E-state index in [-0.39, 0.29) is 5.92 Å². The van der Waals surface area contributed by atoms with Crippen LogP contribution in [0.1, 0.15) is 57.7 Å². The van der Waals surface area contributed by atoms with Gasteiger partial charge in [-0.15, -0.1) is 0 Å². The first kappa shape index (κ1) is 11.6. The van der Waals surface area contributed by atoms with Crippen LogP contribution in [0.15, 0.2) is 4.52 Å². The Morgan fingerprint density at radius 3 is 2.81 bits per heavy atom. The van der Waals surface area contributed by atoms with E-state index in [1.165, 1.54) is 0 Å². The third kappa shape index (κ3) is 2.12. The molecule has 1 saturated carbocycles. The topological polar surface area (TPSA) is 59.2 Å². The number of nitrogens with zero attached hydrogens (tertiary/aromatic N) is 2. The summed E-state index contributed by atoms with van der Waals surface area (Å²) in [4.78, 5) is 4.32. The van der Waals surface area contributed by atoms with Crippen molar-refractivity contribution in [3.63, 3.8) is 0 Å². The summed E-state index contributed by atoms with van der Waals surface area (Å²) < 4.78 is 5.18. The normalized spacial score (nSPS) is 30.2. The fourth-order valence-corrected chi connectivity index (χ4v) is 2.33. The van der Waals surface area contributed by atoms with E-state index >= 15 is 0 Å². The summed E-state index contributed by atoms with van der Waals surface area (Å²) in [5.41, 5.74) is -0.638. The third-order valence-corrected chi connectivity index (χ3v) is 3.62. The molecule has 0 bridgehead atoms. The minimum Gasteiger partial charge on any atom is -0.389 e. The van der Waals surface area contributed by atoms with Gasteiger partial charge in [0, 0.05) is 5.92 Å². The lowest BCUT2D eigenvalue weighted by molar-refractivity contribution is 0.00291. The van der Waals surface area contributed by atoms with Crippen molar-refractivity contribution < 1.29 is 9.63 Å². The molecule has 2 rings (SSSR count). The minimum atomic E-state index is -0.638. The summed E-state index contributed by atoms with van der Waals surface area (Å²) >= 11 is 0. The Morgan fingerprint density at radius 1 is 1.56 bits per heavy atom. The minimum absolute atomic E-state index is 0.271. The molecule has 1 aliphatic carbocycles. The van der Waals surface area contributed by atoms with Gasteiger partial charge in [-0.3, -0.25) is 0 Å². The Morgan fingerprint density at radius 2 is 2.31 bits per heavy atom. The third-order valence-electron chi connectivity index (χ3n) is 3.62. The molecule has 0 radical (unpaired) electrons. The maximum atomic E-state index is 10.4. The summed E-state index contributed by atoms with van der Waals surface area (Å²) in [5, 5.41) is 14.3. The molecule has 16 heavy (non-hydrogen) atoms. The fraction of sp³-hybridized carbons (Fsp3) is 0.833. The summed E-state index contributed by atoms with van der Waals surface area (Å²) in [5.74, 6) is 1.89. The van der Waals surface area contributed by atoms with E-state index in [1.54, 1.807) is 0 Å². The van der Waals surface area contributed by atoms with Gasteiger partial charge in [-0.1, -0.05) is 32.3 Å². The van der Waals surface area contributed by atoms with Crippen molar-refractivity contribution in [2.24, 2.45) is 5.92 Å². The fourth-order valence-electron chi connectivity index (χ4n) is 2.33. The highest BCUT2D eigenvalue weighted by Crippen LogP contribution is 2.37. The maximum Gasteiger partial charge on any atom is 0.229 e. The quantitative estimate of drug-likeness (QED) is 0.855. The highest BCUT2D eigenvalue weighted by atomic mass is 16.5. The molecule has 1 heterocycles. The molecular formula is C12H20N2O2. The second-order valence-corrected chi connectivity index (χ2v) is 5.27. The predicted octanol–water partition coefficient (Wildman–Crippen LogP) is 2.29. The molecule has 4 heteroatoms. The highest BCUT2D eigenvalue weighted by molar-refractivity contribution is 5.00. The SMILES string of the molecule is CC(C)c1noc(C[C@@]2(O)CCC[C@H]2C)n1. The van der Waals surface area contributed by atoms with Crippen molar-refractivity contribution in [3.8, 4) is 0 Å². The lowest BCUT2D eigenvalue weighted by Gasteiger charge is -2.25. The van der Waals surface area contributed by atoms with Crippen LogP contribution >= 0.6 is 0 Å². The molecule has 1 aromatic heterocycles. The molecule has 0 unspecified atom stereocenters. The van der Waals surface area contributed by atoms with Crippen LogP contribution in [0.4, 0.5) is 0 Å². The van der Waals surface area contributed by atoms with Crippen LogP contribution in [0.5, 0.6) is 0 Å². The van der Waals surface area contributed by atoms with Crippen molar-refractivity contribution in [2.45, 2.75) is 58.0 Å². The molecule has 0 amide bonds. The van der Waals surface area contributed by atoms with Crippen molar-refractivity contribution in [3.05, 3.63) is 11.7 Å². The molecule has 90 valence electrons. The maximum absolute atomic E-state index is 10.4. The van der Waals surface area contributed by atoms with Gasteiger partial charge in [0.05, 0.1) is 12.0 Å². The van der Waals surface area contributed by atoms with E-state index in [1.807, 2.05) is 13.8 Å². The van der Waals surface area contributed by atoms with Gasteiger partial charge in [0.2, 0.25) is 5.89 Å². The molecule has 2 atom stereocenters. The zero-order chi connectivity index (χ0) is 11.8. The van der Waals surface area contributed by atoms with Crippen molar-refractivity contribution in [1.82, 2.24) is 10.1 Å². The molecule has 0 aromatic carbocycles. The van der Waals surface area contributed by atoms with E-state index in [2.05, 4.69) is 17.1 Å². The summed E-state index contributed by atoms with van der Waals surface area (Å²) in [6, 6.07) is 0. The Bertz CT molecular complexity index is 362. The van der Waals surface area contributed by atoms with Crippen LogP contribution in [0, 0.1) is 5.92 Å². The van der Waals surface area contributed by atoms with E-state index in [0.29, 0.717) is 18.2 Å². The zero-order valence-electron chi connectivity index (χ0n) is 10.2. The largest absolute Gasteiger partial charge is 0.389 e. The molecule has 1 fully saturated rings. The predicted molar refractivity (Wildman–Crippen MR) is 60.1 cm³/mol. The van der Waals surface area contributed by atoms with Gasteiger partial charge in [0.25, 0.3) is 0 Å². The molecule has 0 saturated heterocycles. The van der Waals surface area contributed by atoms with E-state index in [0.717, 1.165) is 25.1 Å². The Labute approximate surface area is 96.1 Å². The van der Waals surface area contributed by atoms with Crippen molar-refractivity contribution in [1.29, 1.82) is 0 Å². The molecule has 0 spiro atoms. The van der Waals surface area contributed by atoms with Crippen molar-refractivity contribution in [2.75, 3.05) is 0 Å². The van der Waals surface area contributed by atoms with Gasteiger partial charge >= 0.3 is 0 Å². The van der Waals surface area contributed by atoms with Crippen LogP contribution in [-0.2, 0) is 6.42 Å². The first-order valence-corrected chi connectivity index (χ1v) is 6.06. The molecular weight excluding hydrogens is 204 g/mol. The average molecular weight is 224 g/mol. The first-order chi connectivity index (χ1) is 7.51. The number of aliphatic hydroxyl groups is 1. The monoisotopic (exact) mass is 224 g/mol. The van der Waals surface area contributed by atoms with Gasteiger partial charge in [0.15, 0.2) is 5.82 Å². The lowest BCUT2D eigenvalue weighted by atomic mass is 9.89. The molecule has 1 N–H and O–H groups in total. The highest BCUT2D eigenvalue weighted by Gasteiger charge is 2.39. The molecule has 1 aliphatic rings. The summed E-state index contributed by atoms with van der Waals surface area (Å²) in [6.07, 6.45) is 3.51. The Hall–Kier alpha value is -0.900. The summed E-state index contributed by atoms with van der Waals surface area (Å²) in [6.45, 7) is 6.15. The first-order valence-electron chi connectivity index (χ1n) is 6.06. The molecule has 4 nitrogen and oxygen atoms in total. The van der Waals surface area contributed by atoms with Crippen LogP contribution in [-0.4, -0.2) is 20.8 Å². The van der Waals surface area contributed by atoms with Gasteiger partial charge in [-0.05, 0) is 18.8 Å². The Balaban J connectivity index is 2.08. The number of rotatable bonds is 3. The van der Waals surface area contributed by atoms with Crippen LogP contribution < -0.4 is 0 Å². The Kier molecular flexibility index (Phi) is 3.02. The second kappa shape index (κ2) is 4.17. The van der Waals surface area contributed by atoms with Gasteiger partial charge in [0.1, 0.15) is 0 Å². The van der Waals surface area contributed by atoms with Crippen LogP contribution in [0.2, 0.25) is 0 Å². The van der Waals surface area contributed by atoms with Gasteiger partial charge in [-0.25, -0.2) is 0 Å². The standard InChI is InChI=1S/C12H20N2O2/c1-8(2)11-13-10(16-14-11)7-12(15)6-4-5-9(12)3/h8-9,15H,4-7H2,1-3H3/t9-,12+/m1/s1. The average Bonchev–Trinajstić information content (AvgIpc) is 2.76. The van der Waals surface area contributed by atoms with E-state index in [4.69, 9.17) is 4.52 Å². The zero-order valence-corrected chi connectivity index (χ0v) is 10.2. The van der Waals surface area contributed by atoms with E-state index < -0.39 is 5.60 Å². The number of aromatic nitrogens is 2. The number of hydrogen-bond acceptors (Lipinski definition) is 4. The van der Waals surface area contributed by atoms with Gasteiger partial charge in [-0.2, -0.15) is 4.98 Å². The lowest BCUT2D eigenvalue weighted by Crippen LogP contribution is -2.34. The smallest absolute Gasteiger partial charge is 0.229 e. The van der Waals surface area contributed by atoms with Crippen LogP contribution in [0.25, 0.3) is 0 Å². The second-order valence-electron chi connectivity index (χ2n) is 5.27.